The molecule has 0 aliphatic heterocycles. The van der Waals surface area contributed by atoms with E-state index >= 15 is 0 Å². The lowest BCUT2D eigenvalue weighted by Crippen LogP contribution is -2.29. The number of hydrogen-bond acceptors (Lipinski definition) is 2. The fraction of sp³-hybridized carbons (Fsp3) is 0.250. The number of carbonyl (C=O) groups excluding carboxylic acids is 1. The predicted octanol–water partition coefficient (Wildman–Crippen LogP) is 1.55. The summed E-state index contributed by atoms with van der Waals surface area (Å²) in [6.45, 7) is 0.711. The van der Waals surface area contributed by atoms with Crippen LogP contribution in [0.25, 0.3) is 10.9 Å². The molecule has 0 aliphatic rings. The lowest BCUT2D eigenvalue weighted by molar-refractivity contribution is -0.121. The number of hydrogen-bond donors (Lipinski definition) is 2. The normalized spacial score (nSPS) is 10.7. The molecule has 3 N–H and O–H groups in total. The van der Waals surface area contributed by atoms with E-state index in [9.17, 15) is 9.18 Å². The van der Waals surface area contributed by atoms with Crippen LogP contribution in [0.4, 0.5) is 4.39 Å². The van der Waals surface area contributed by atoms with Gasteiger partial charge < -0.3 is 4.57 Å². The topological polar surface area (TPSA) is 60.0 Å². The fourth-order valence-electron chi connectivity index (χ4n) is 1.85. The molecule has 0 spiro atoms. The molecule has 5 heteroatoms. The number of carbonyl (C=O) groups is 1. The standard InChI is InChI=1S/C12H14FN3O/c13-10-3-4-11-9(8-10)5-7-16(11)6-1-2-12(17)15-14/h3-5,7-8H,1-2,6,14H2,(H,15,17). The van der Waals surface area contributed by atoms with E-state index in [1.165, 1.54) is 12.1 Å². The largest absolute Gasteiger partial charge is 0.347 e. The quantitative estimate of drug-likeness (QED) is 0.480. The number of amides is 1. The van der Waals surface area contributed by atoms with Crippen LogP contribution in [0.3, 0.4) is 0 Å². The van der Waals surface area contributed by atoms with Gasteiger partial charge in [0.25, 0.3) is 0 Å². The molecule has 2 rings (SSSR count). The monoisotopic (exact) mass is 235 g/mol. The molecular weight excluding hydrogens is 221 g/mol. The van der Waals surface area contributed by atoms with E-state index < -0.39 is 0 Å². The lowest BCUT2D eigenvalue weighted by atomic mass is 10.2. The van der Waals surface area contributed by atoms with E-state index in [1.54, 1.807) is 6.07 Å². The zero-order valence-corrected chi connectivity index (χ0v) is 9.32. The van der Waals surface area contributed by atoms with Crippen molar-refractivity contribution in [3.05, 3.63) is 36.3 Å². The highest BCUT2D eigenvalue weighted by Gasteiger charge is 2.03. The van der Waals surface area contributed by atoms with E-state index in [-0.39, 0.29) is 11.7 Å². The van der Waals surface area contributed by atoms with Crippen molar-refractivity contribution in [3.8, 4) is 0 Å². The third kappa shape index (κ3) is 2.62. The summed E-state index contributed by atoms with van der Waals surface area (Å²) in [5, 5.41) is 0.869. The molecule has 0 saturated carbocycles. The van der Waals surface area contributed by atoms with Crippen LogP contribution in [0, 0.1) is 5.82 Å². The molecular formula is C12H14FN3O. The highest BCUT2D eigenvalue weighted by atomic mass is 19.1. The molecule has 1 aromatic carbocycles. The number of nitrogens with one attached hydrogen (secondary N) is 1. The molecule has 0 bridgehead atoms. The van der Waals surface area contributed by atoms with Crippen LogP contribution in [-0.2, 0) is 11.3 Å². The number of hydrazine groups is 1. The number of benzene rings is 1. The maximum absolute atomic E-state index is 13.0. The van der Waals surface area contributed by atoms with Gasteiger partial charge in [-0.3, -0.25) is 10.2 Å². The first-order chi connectivity index (χ1) is 8.20. The number of aromatic nitrogens is 1. The molecule has 17 heavy (non-hydrogen) atoms. The SMILES string of the molecule is NNC(=O)CCCn1ccc2cc(F)ccc21. The van der Waals surface area contributed by atoms with Crippen LogP contribution in [0.2, 0.25) is 0 Å². The van der Waals surface area contributed by atoms with Gasteiger partial charge in [-0.25, -0.2) is 10.2 Å². The van der Waals surface area contributed by atoms with E-state index in [4.69, 9.17) is 5.84 Å². The van der Waals surface area contributed by atoms with Crippen LogP contribution in [0.15, 0.2) is 30.5 Å². The maximum Gasteiger partial charge on any atom is 0.233 e. The summed E-state index contributed by atoms with van der Waals surface area (Å²) in [5.41, 5.74) is 3.06. The van der Waals surface area contributed by atoms with Crippen LogP contribution in [-0.4, -0.2) is 10.5 Å². The Bertz CT molecular complexity index is 536. The summed E-state index contributed by atoms with van der Waals surface area (Å²) < 4.78 is 15.0. The molecule has 90 valence electrons. The summed E-state index contributed by atoms with van der Waals surface area (Å²) >= 11 is 0. The minimum absolute atomic E-state index is 0.174. The van der Waals surface area contributed by atoms with E-state index in [1.807, 2.05) is 16.8 Å². The van der Waals surface area contributed by atoms with Crippen molar-refractivity contribution in [2.45, 2.75) is 19.4 Å². The van der Waals surface area contributed by atoms with Crippen LogP contribution in [0.1, 0.15) is 12.8 Å². The molecule has 4 nitrogen and oxygen atoms in total. The second kappa shape index (κ2) is 4.97. The molecule has 0 saturated heterocycles. The number of halogens is 1. The van der Waals surface area contributed by atoms with Crippen LogP contribution < -0.4 is 11.3 Å². The van der Waals surface area contributed by atoms with Crippen molar-refractivity contribution in [1.29, 1.82) is 0 Å². The lowest BCUT2D eigenvalue weighted by Gasteiger charge is -2.04. The summed E-state index contributed by atoms with van der Waals surface area (Å²) in [5.74, 6) is 4.58. The Morgan fingerprint density at radius 2 is 2.24 bits per heavy atom. The predicted molar refractivity (Wildman–Crippen MR) is 63.5 cm³/mol. The van der Waals surface area contributed by atoms with Crippen molar-refractivity contribution in [3.63, 3.8) is 0 Å². The summed E-state index contributed by atoms with van der Waals surface area (Å²) in [7, 11) is 0. The van der Waals surface area contributed by atoms with E-state index in [0.717, 1.165) is 10.9 Å². The fourth-order valence-corrected chi connectivity index (χ4v) is 1.85. The molecule has 0 unspecified atom stereocenters. The summed E-state index contributed by atoms with van der Waals surface area (Å²) in [6, 6.07) is 6.54. The van der Waals surface area contributed by atoms with Crippen molar-refractivity contribution in [2.75, 3.05) is 0 Å². The van der Waals surface area contributed by atoms with Gasteiger partial charge in [0.05, 0.1) is 0 Å². The first-order valence-corrected chi connectivity index (χ1v) is 5.44. The third-order valence-electron chi connectivity index (χ3n) is 2.70. The Hall–Kier alpha value is -1.88. The summed E-state index contributed by atoms with van der Waals surface area (Å²) in [4.78, 5) is 11.0. The number of rotatable bonds is 4. The van der Waals surface area contributed by atoms with Crippen molar-refractivity contribution in [2.24, 2.45) is 5.84 Å². The van der Waals surface area contributed by atoms with Gasteiger partial charge in [-0.05, 0) is 30.7 Å². The van der Waals surface area contributed by atoms with Gasteiger partial charge in [0.15, 0.2) is 0 Å². The van der Waals surface area contributed by atoms with Crippen molar-refractivity contribution >= 4 is 16.8 Å². The molecule has 0 atom stereocenters. The molecule has 1 aromatic heterocycles. The Labute approximate surface area is 98.2 Å². The highest BCUT2D eigenvalue weighted by molar-refractivity contribution is 5.80. The third-order valence-corrected chi connectivity index (χ3v) is 2.70. The molecule has 1 amide bonds. The van der Waals surface area contributed by atoms with Gasteiger partial charge in [0.1, 0.15) is 5.82 Å². The first kappa shape index (κ1) is 11.6. The molecule has 0 radical (unpaired) electrons. The van der Waals surface area contributed by atoms with E-state index in [0.29, 0.717) is 19.4 Å². The smallest absolute Gasteiger partial charge is 0.233 e. The average molecular weight is 235 g/mol. The van der Waals surface area contributed by atoms with Gasteiger partial charge in [-0.1, -0.05) is 0 Å². The zero-order chi connectivity index (χ0) is 12.3. The molecule has 1 heterocycles. The average Bonchev–Trinajstić information content (AvgIpc) is 2.71. The summed E-state index contributed by atoms with van der Waals surface area (Å²) in [6.07, 6.45) is 2.98. The minimum atomic E-state index is -0.238. The molecule has 0 fully saturated rings. The number of fused-ring (bicyclic) bond motifs is 1. The number of aryl methyl sites for hydroxylation is 1. The maximum atomic E-state index is 13.0. The second-order valence-electron chi connectivity index (χ2n) is 3.88. The van der Waals surface area contributed by atoms with Gasteiger partial charge >= 0.3 is 0 Å². The second-order valence-corrected chi connectivity index (χ2v) is 3.88. The van der Waals surface area contributed by atoms with Crippen molar-refractivity contribution in [1.82, 2.24) is 9.99 Å². The minimum Gasteiger partial charge on any atom is -0.347 e. The Balaban J connectivity index is 2.06. The van der Waals surface area contributed by atoms with Crippen molar-refractivity contribution < 1.29 is 9.18 Å². The Morgan fingerprint density at radius 3 is 3.00 bits per heavy atom. The molecule has 0 aliphatic carbocycles. The van der Waals surface area contributed by atoms with Crippen LogP contribution in [0.5, 0.6) is 0 Å². The van der Waals surface area contributed by atoms with Crippen LogP contribution >= 0.6 is 0 Å². The van der Waals surface area contributed by atoms with Gasteiger partial charge in [-0.15, -0.1) is 0 Å². The molecule has 2 aromatic rings. The number of nitrogens with zero attached hydrogens (tertiary/aromatic N) is 1. The highest BCUT2D eigenvalue weighted by Crippen LogP contribution is 2.17. The van der Waals surface area contributed by atoms with Gasteiger partial charge in [0.2, 0.25) is 5.91 Å². The number of nitrogens with two attached hydrogens (primary N) is 1. The Kier molecular flexibility index (Phi) is 3.39. The Morgan fingerprint density at radius 1 is 1.41 bits per heavy atom. The zero-order valence-electron chi connectivity index (χ0n) is 9.32. The van der Waals surface area contributed by atoms with Gasteiger partial charge in [0, 0.05) is 30.1 Å². The van der Waals surface area contributed by atoms with E-state index in [2.05, 4.69) is 5.43 Å². The first-order valence-electron chi connectivity index (χ1n) is 5.44. The van der Waals surface area contributed by atoms with Gasteiger partial charge in [-0.2, -0.15) is 0 Å².